The van der Waals surface area contributed by atoms with E-state index in [9.17, 15) is 4.79 Å². The van der Waals surface area contributed by atoms with Crippen LogP contribution in [0, 0.1) is 0 Å². The van der Waals surface area contributed by atoms with E-state index in [2.05, 4.69) is 15.5 Å². The summed E-state index contributed by atoms with van der Waals surface area (Å²) in [4.78, 5) is 11.9. The zero-order valence-electron chi connectivity index (χ0n) is 8.86. The van der Waals surface area contributed by atoms with E-state index in [0.29, 0.717) is 11.7 Å². The quantitative estimate of drug-likeness (QED) is 0.803. The van der Waals surface area contributed by atoms with Gasteiger partial charge in [0.05, 0.1) is 5.52 Å². The Morgan fingerprint density at radius 3 is 2.94 bits per heavy atom. The van der Waals surface area contributed by atoms with Crippen molar-refractivity contribution < 1.29 is 4.79 Å². The van der Waals surface area contributed by atoms with Gasteiger partial charge in [-0.1, -0.05) is 18.2 Å². The Bertz CT molecular complexity index is 528. The van der Waals surface area contributed by atoms with Crippen molar-refractivity contribution in [1.29, 1.82) is 0 Å². The lowest BCUT2D eigenvalue weighted by Crippen LogP contribution is -2.39. The fourth-order valence-corrected chi connectivity index (χ4v) is 1.94. The summed E-state index contributed by atoms with van der Waals surface area (Å²) in [7, 11) is 0. The minimum Gasteiger partial charge on any atom is -0.348 e. The smallest absolute Gasteiger partial charge is 0.272 e. The summed E-state index contributed by atoms with van der Waals surface area (Å²) in [5, 5.41) is 10.8. The van der Waals surface area contributed by atoms with Crippen LogP contribution in [0.15, 0.2) is 24.3 Å². The van der Waals surface area contributed by atoms with Crippen LogP contribution in [0.5, 0.6) is 0 Å². The Kier molecular flexibility index (Phi) is 2.13. The number of benzene rings is 1. The number of para-hydroxylation sites is 1. The number of aromatic nitrogens is 2. The lowest BCUT2D eigenvalue weighted by atomic mass is 9.93. The number of H-pyrrole nitrogens is 1. The van der Waals surface area contributed by atoms with E-state index in [1.807, 2.05) is 24.3 Å². The van der Waals surface area contributed by atoms with E-state index >= 15 is 0 Å². The van der Waals surface area contributed by atoms with Gasteiger partial charge in [0.15, 0.2) is 5.69 Å². The van der Waals surface area contributed by atoms with Crippen molar-refractivity contribution in [2.75, 3.05) is 0 Å². The SMILES string of the molecule is O=C(NC1CCC1)c1n[nH]c2ccccc12. The van der Waals surface area contributed by atoms with Gasteiger partial charge in [0.2, 0.25) is 0 Å². The van der Waals surface area contributed by atoms with Gasteiger partial charge in [-0.2, -0.15) is 5.10 Å². The standard InChI is InChI=1S/C12H13N3O/c16-12(13-8-4-3-5-8)11-9-6-1-2-7-10(9)14-15-11/h1-2,6-8H,3-5H2,(H,13,16)(H,14,15). The first kappa shape index (κ1) is 9.39. The highest BCUT2D eigenvalue weighted by atomic mass is 16.2. The highest BCUT2D eigenvalue weighted by Crippen LogP contribution is 2.20. The van der Waals surface area contributed by atoms with Crippen molar-refractivity contribution in [3.63, 3.8) is 0 Å². The number of nitrogens with zero attached hydrogens (tertiary/aromatic N) is 1. The molecule has 0 unspecified atom stereocenters. The van der Waals surface area contributed by atoms with Gasteiger partial charge < -0.3 is 5.32 Å². The molecular weight excluding hydrogens is 202 g/mol. The lowest BCUT2D eigenvalue weighted by molar-refractivity contribution is 0.0913. The number of rotatable bonds is 2. The average molecular weight is 215 g/mol. The van der Waals surface area contributed by atoms with Gasteiger partial charge in [-0.3, -0.25) is 9.89 Å². The van der Waals surface area contributed by atoms with Gasteiger partial charge in [0.25, 0.3) is 5.91 Å². The summed E-state index contributed by atoms with van der Waals surface area (Å²) < 4.78 is 0. The van der Waals surface area contributed by atoms with E-state index in [-0.39, 0.29) is 5.91 Å². The van der Waals surface area contributed by atoms with Crippen molar-refractivity contribution in [1.82, 2.24) is 15.5 Å². The number of carbonyl (C=O) groups is 1. The van der Waals surface area contributed by atoms with E-state index in [1.165, 1.54) is 6.42 Å². The summed E-state index contributed by atoms with van der Waals surface area (Å²) >= 11 is 0. The molecular formula is C12H13N3O. The number of amides is 1. The number of carbonyl (C=O) groups excluding carboxylic acids is 1. The Morgan fingerprint density at radius 2 is 2.19 bits per heavy atom. The number of hydrogen-bond donors (Lipinski definition) is 2. The largest absolute Gasteiger partial charge is 0.348 e. The second-order valence-electron chi connectivity index (χ2n) is 4.22. The van der Waals surface area contributed by atoms with Crippen LogP contribution >= 0.6 is 0 Å². The molecule has 1 aromatic heterocycles. The molecule has 0 spiro atoms. The third kappa shape index (κ3) is 1.46. The molecule has 0 aliphatic heterocycles. The van der Waals surface area contributed by atoms with Gasteiger partial charge in [-0.15, -0.1) is 0 Å². The zero-order chi connectivity index (χ0) is 11.0. The predicted molar refractivity (Wildman–Crippen MR) is 61.2 cm³/mol. The Morgan fingerprint density at radius 1 is 1.38 bits per heavy atom. The molecule has 1 saturated carbocycles. The molecule has 1 aliphatic carbocycles. The molecule has 1 heterocycles. The molecule has 3 rings (SSSR count). The molecule has 0 atom stereocenters. The molecule has 1 aliphatic rings. The summed E-state index contributed by atoms with van der Waals surface area (Å²) in [6.45, 7) is 0. The lowest BCUT2D eigenvalue weighted by Gasteiger charge is -2.25. The Balaban J connectivity index is 1.89. The molecule has 4 heteroatoms. The summed E-state index contributed by atoms with van der Waals surface area (Å²) in [6, 6.07) is 8.02. The molecule has 0 radical (unpaired) electrons. The van der Waals surface area contributed by atoms with Gasteiger partial charge in [0.1, 0.15) is 0 Å². The molecule has 1 amide bonds. The molecule has 2 aromatic rings. The Hall–Kier alpha value is -1.84. The molecule has 82 valence electrons. The van der Waals surface area contributed by atoms with Crippen LogP contribution in [0.25, 0.3) is 10.9 Å². The van der Waals surface area contributed by atoms with Crippen LogP contribution in [0.2, 0.25) is 0 Å². The van der Waals surface area contributed by atoms with Crippen molar-refractivity contribution in [2.45, 2.75) is 25.3 Å². The summed E-state index contributed by atoms with van der Waals surface area (Å²) in [5.74, 6) is -0.0675. The maximum Gasteiger partial charge on any atom is 0.272 e. The monoisotopic (exact) mass is 215 g/mol. The number of aromatic amines is 1. The highest BCUT2D eigenvalue weighted by Gasteiger charge is 2.22. The maximum atomic E-state index is 11.9. The van der Waals surface area contributed by atoms with E-state index in [0.717, 1.165) is 23.7 Å². The van der Waals surface area contributed by atoms with Crippen LogP contribution in [-0.4, -0.2) is 22.1 Å². The first-order chi connectivity index (χ1) is 7.84. The number of hydrogen-bond acceptors (Lipinski definition) is 2. The normalized spacial score (nSPS) is 16.0. The molecule has 16 heavy (non-hydrogen) atoms. The van der Waals surface area contributed by atoms with E-state index in [4.69, 9.17) is 0 Å². The van der Waals surface area contributed by atoms with Crippen LogP contribution in [0.4, 0.5) is 0 Å². The van der Waals surface area contributed by atoms with Crippen molar-refractivity contribution in [3.05, 3.63) is 30.0 Å². The van der Waals surface area contributed by atoms with Crippen LogP contribution in [0.3, 0.4) is 0 Å². The fraction of sp³-hybridized carbons (Fsp3) is 0.333. The van der Waals surface area contributed by atoms with Crippen LogP contribution in [0.1, 0.15) is 29.8 Å². The first-order valence-corrected chi connectivity index (χ1v) is 5.58. The Labute approximate surface area is 93.0 Å². The summed E-state index contributed by atoms with van der Waals surface area (Å²) in [6.07, 6.45) is 3.40. The second-order valence-corrected chi connectivity index (χ2v) is 4.22. The third-order valence-electron chi connectivity index (χ3n) is 3.13. The van der Waals surface area contributed by atoms with Gasteiger partial charge in [-0.25, -0.2) is 0 Å². The second kappa shape index (κ2) is 3.63. The molecule has 2 N–H and O–H groups in total. The maximum absolute atomic E-state index is 11.9. The van der Waals surface area contributed by atoms with Gasteiger partial charge in [0, 0.05) is 11.4 Å². The highest BCUT2D eigenvalue weighted by molar-refractivity contribution is 6.04. The minimum absolute atomic E-state index is 0.0675. The van der Waals surface area contributed by atoms with Gasteiger partial charge in [-0.05, 0) is 25.3 Å². The molecule has 1 aromatic carbocycles. The van der Waals surface area contributed by atoms with Crippen LogP contribution < -0.4 is 5.32 Å². The fourth-order valence-electron chi connectivity index (χ4n) is 1.94. The molecule has 0 saturated heterocycles. The van der Waals surface area contributed by atoms with Crippen molar-refractivity contribution in [3.8, 4) is 0 Å². The number of fused-ring (bicyclic) bond motifs is 1. The van der Waals surface area contributed by atoms with E-state index in [1.54, 1.807) is 0 Å². The third-order valence-corrected chi connectivity index (χ3v) is 3.13. The van der Waals surface area contributed by atoms with Crippen molar-refractivity contribution in [2.24, 2.45) is 0 Å². The first-order valence-electron chi connectivity index (χ1n) is 5.58. The van der Waals surface area contributed by atoms with Gasteiger partial charge >= 0.3 is 0 Å². The van der Waals surface area contributed by atoms with Crippen molar-refractivity contribution >= 4 is 16.8 Å². The predicted octanol–water partition coefficient (Wildman–Crippen LogP) is 1.85. The average Bonchev–Trinajstić information content (AvgIpc) is 2.67. The minimum atomic E-state index is -0.0675. The molecule has 1 fully saturated rings. The summed E-state index contributed by atoms with van der Waals surface area (Å²) in [5.41, 5.74) is 1.41. The van der Waals surface area contributed by atoms with Crippen LogP contribution in [-0.2, 0) is 0 Å². The topological polar surface area (TPSA) is 57.8 Å². The molecule has 0 bridgehead atoms. The molecule has 4 nitrogen and oxygen atoms in total. The number of nitrogens with one attached hydrogen (secondary N) is 2. The van der Waals surface area contributed by atoms with E-state index < -0.39 is 0 Å². The zero-order valence-corrected chi connectivity index (χ0v) is 8.86.